The number of aliphatic carboxylic acids is 1. The molecule has 0 aliphatic heterocycles. The van der Waals surface area contributed by atoms with E-state index in [4.69, 9.17) is 5.73 Å². The van der Waals surface area contributed by atoms with Gasteiger partial charge in [-0.25, -0.2) is 0 Å². The highest BCUT2D eigenvalue weighted by molar-refractivity contribution is 5.77. The Kier molecular flexibility index (Phi) is 4.24. The Balaban J connectivity index is 2.24. The van der Waals surface area contributed by atoms with Gasteiger partial charge in [-0.05, 0) is 36.5 Å². The lowest BCUT2D eigenvalue weighted by Crippen LogP contribution is -2.21. The van der Waals surface area contributed by atoms with Gasteiger partial charge >= 0.3 is 5.97 Å². The quantitative estimate of drug-likeness (QED) is 0.635. The number of carbonyl (C=O) groups is 1. The van der Waals surface area contributed by atoms with Crippen molar-refractivity contribution in [3.8, 4) is 0 Å². The van der Waals surface area contributed by atoms with E-state index in [9.17, 15) is 9.90 Å². The maximum atomic E-state index is 11.6. The molecular weight excluding hydrogens is 226 g/mol. The fourth-order valence-electron chi connectivity index (χ4n) is 3.01. The van der Waals surface area contributed by atoms with Crippen molar-refractivity contribution in [1.82, 2.24) is 0 Å². The van der Waals surface area contributed by atoms with Gasteiger partial charge in [-0.1, -0.05) is 37.8 Å². The van der Waals surface area contributed by atoms with Gasteiger partial charge in [0.25, 0.3) is 0 Å². The number of rotatable bonds is 3. The van der Waals surface area contributed by atoms with E-state index in [-0.39, 0.29) is 5.92 Å². The highest BCUT2D eigenvalue weighted by Crippen LogP contribution is 2.35. The minimum atomic E-state index is -0.715. The summed E-state index contributed by atoms with van der Waals surface area (Å²) in [5.74, 6) is -0.856. The standard InChI is InChI=1S/C15H21NO2/c16-13-9-5-8-12(10-13)14(15(17)18)11-6-3-1-2-4-7-11/h5,8-11,14H,1-4,6-7,16H2,(H,17,18). The third kappa shape index (κ3) is 3.03. The number of nitrogens with two attached hydrogens (primary N) is 1. The SMILES string of the molecule is Nc1cccc(C(C(=O)O)C2CCCCCC2)c1. The fourth-order valence-corrected chi connectivity index (χ4v) is 3.01. The Morgan fingerprint density at radius 1 is 1.22 bits per heavy atom. The molecule has 98 valence electrons. The second kappa shape index (κ2) is 5.89. The van der Waals surface area contributed by atoms with Crippen LogP contribution in [0.4, 0.5) is 5.69 Å². The van der Waals surface area contributed by atoms with E-state index in [2.05, 4.69) is 0 Å². The summed E-state index contributed by atoms with van der Waals surface area (Å²) < 4.78 is 0. The Morgan fingerprint density at radius 2 is 1.89 bits per heavy atom. The summed E-state index contributed by atoms with van der Waals surface area (Å²) in [6.45, 7) is 0. The van der Waals surface area contributed by atoms with Gasteiger partial charge in [0.15, 0.2) is 0 Å². The molecule has 2 rings (SSSR count). The molecule has 0 aromatic heterocycles. The lowest BCUT2D eigenvalue weighted by Gasteiger charge is -2.23. The fraction of sp³-hybridized carbons (Fsp3) is 0.533. The van der Waals surface area contributed by atoms with Crippen molar-refractivity contribution in [3.05, 3.63) is 29.8 Å². The molecule has 1 aliphatic rings. The minimum Gasteiger partial charge on any atom is -0.481 e. The normalized spacial score (nSPS) is 19.1. The van der Waals surface area contributed by atoms with Crippen LogP contribution >= 0.6 is 0 Å². The lowest BCUT2D eigenvalue weighted by molar-refractivity contribution is -0.140. The first kappa shape index (κ1) is 12.9. The number of benzene rings is 1. The van der Waals surface area contributed by atoms with Gasteiger partial charge in [0.1, 0.15) is 0 Å². The van der Waals surface area contributed by atoms with Crippen LogP contribution in [-0.4, -0.2) is 11.1 Å². The number of hydrogen-bond acceptors (Lipinski definition) is 2. The first-order chi connectivity index (χ1) is 8.68. The predicted molar refractivity (Wildman–Crippen MR) is 72.4 cm³/mol. The molecule has 3 nitrogen and oxygen atoms in total. The largest absolute Gasteiger partial charge is 0.481 e. The average molecular weight is 247 g/mol. The molecule has 3 N–H and O–H groups in total. The van der Waals surface area contributed by atoms with Gasteiger partial charge in [-0.15, -0.1) is 0 Å². The number of carboxylic acid groups (broad SMARTS) is 1. The summed E-state index contributed by atoms with van der Waals surface area (Å²) >= 11 is 0. The minimum absolute atomic E-state index is 0.256. The molecule has 1 saturated carbocycles. The summed E-state index contributed by atoms with van der Waals surface area (Å²) in [4.78, 5) is 11.6. The van der Waals surface area contributed by atoms with Gasteiger partial charge < -0.3 is 10.8 Å². The number of nitrogen functional groups attached to an aromatic ring is 1. The Labute approximate surface area is 108 Å². The van der Waals surface area contributed by atoms with E-state index in [1.54, 1.807) is 6.07 Å². The summed E-state index contributed by atoms with van der Waals surface area (Å²) in [6.07, 6.45) is 6.81. The molecule has 18 heavy (non-hydrogen) atoms. The second-order valence-corrected chi connectivity index (χ2v) is 5.24. The summed E-state index contributed by atoms with van der Waals surface area (Å²) in [5, 5.41) is 9.52. The van der Waals surface area contributed by atoms with Crippen LogP contribution < -0.4 is 5.73 Å². The van der Waals surface area contributed by atoms with E-state index in [0.29, 0.717) is 5.69 Å². The molecular formula is C15H21NO2. The smallest absolute Gasteiger partial charge is 0.311 e. The van der Waals surface area contributed by atoms with Crippen LogP contribution in [0.1, 0.15) is 50.0 Å². The third-order valence-corrected chi connectivity index (χ3v) is 3.91. The van der Waals surface area contributed by atoms with Gasteiger partial charge in [0.05, 0.1) is 5.92 Å². The zero-order valence-corrected chi connectivity index (χ0v) is 10.6. The van der Waals surface area contributed by atoms with Crippen LogP contribution in [0.3, 0.4) is 0 Å². The number of hydrogen-bond donors (Lipinski definition) is 2. The Morgan fingerprint density at radius 3 is 2.44 bits per heavy atom. The summed E-state index contributed by atoms with van der Waals surface area (Å²) in [6, 6.07) is 7.34. The zero-order valence-electron chi connectivity index (χ0n) is 10.6. The van der Waals surface area contributed by atoms with Crippen molar-refractivity contribution < 1.29 is 9.90 Å². The van der Waals surface area contributed by atoms with E-state index in [1.165, 1.54) is 12.8 Å². The summed E-state index contributed by atoms with van der Waals surface area (Å²) in [7, 11) is 0. The van der Waals surface area contributed by atoms with Crippen LogP contribution in [0, 0.1) is 5.92 Å². The van der Waals surface area contributed by atoms with Crippen molar-refractivity contribution in [3.63, 3.8) is 0 Å². The molecule has 1 fully saturated rings. The summed E-state index contributed by atoms with van der Waals surface area (Å²) in [5.41, 5.74) is 7.27. The molecule has 1 aliphatic carbocycles. The molecule has 0 bridgehead atoms. The first-order valence-corrected chi connectivity index (χ1v) is 6.76. The first-order valence-electron chi connectivity index (χ1n) is 6.76. The number of anilines is 1. The topological polar surface area (TPSA) is 63.3 Å². The van der Waals surface area contributed by atoms with Crippen LogP contribution in [0.2, 0.25) is 0 Å². The zero-order chi connectivity index (χ0) is 13.0. The van der Waals surface area contributed by atoms with Crippen LogP contribution in [0.25, 0.3) is 0 Å². The predicted octanol–water partition coefficient (Wildman–Crippen LogP) is 3.41. The molecule has 0 spiro atoms. The van der Waals surface area contributed by atoms with Gasteiger partial charge in [0.2, 0.25) is 0 Å². The molecule has 1 aromatic rings. The van der Waals surface area contributed by atoms with Crippen LogP contribution in [0.5, 0.6) is 0 Å². The molecule has 3 heteroatoms. The molecule has 1 unspecified atom stereocenters. The maximum absolute atomic E-state index is 11.6. The monoisotopic (exact) mass is 247 g/mol. The second-order valence-electron chi connectivity index (χ2n) is 5.24. The van der Waals surface area contributed by atoms with Gasteiger partial charge in [0, 0.05) is 5.69 Å². The van der Waals surface area contributed by atoms with Gasteiger partial charge in [-0.3, -0.25) is 4.79 Å². The van der Waals surface area contributed by atoms with Crippen molar-refractivity contribution in [2.75, 3.05) is 5.73 Å². The Bertz CT molecular complexity index is 409. The third-order valence-electron chi connectivity index (χ3n) is 3.91. The average Bonchev–Trinajstić information content (AvgIpc) is 2.58. The van der Waals surface area contributed by atoms with E-state index in [1.807, 2.05) is 18.2 Å². The molecule has 1 aromatic carbocycles. The van der Waals surface area contributed by atoms with Crippen LogP contribution in [0.15, 0.2) is 24.3 Å². The highest BCUT2D eigenvalue weighted by atomic mass is 16.4. The maximum Gasteiger partial charge on any atom is 0.311 e. The van der Waals surface area contributed by atoms with E-state index < -0.39 is 11.9 Å². The Hall–Kier alpha value is -1.51. The molecule has 0 radical (unpaired) electrons. The highest BCUT2D eigenvalue weighted by Gasteiger charge is 2.30. The van der Waals surface area contributed by atoms with Gasteiger partial charge in [-0.2, -0.15) is 0 Å². The lowest BCUT2D eigenvalue weighted by atomic mass is 9.81. The van der Waals surface area contributed by atoms with Crippen molar-refractivity contribution in [1.29, 1.82) is 0 Å². The van der Waals surface area contributed by atoms with Crippen molar-refractivity contribution in [2.45, 2.75) is 44.4 Å². The molecule has 0 saturated heterocycles. The molecule has 0 amide bonds. The van der Waals surface area contributed by atoms with Crippen molar-refractivity contribution >= 4 is 11.7 Å². The van der Waals surface area contributed by atoms with Crippen molar-refractivity contribution in [2.24, 2.45) is 5.92 Å². The number of carboxylic acids is 1. The molecule has 1 atom stereocenters. The van der Waals surface area contributed by atoms with Crippen LogP contribution in [-0.2, 0) is 4.79 Å². The van der Waals surface area contributed by atoms with E-state index >= 15 is 0 Å². The molecule has 0 heterocycles. The van der Waals surface area contributed by atoms with E-state index in [0.717, 1.165) is 31.2 Å².